The van der Waals surface area contributed by atoms with Gasteiger partial charge in [-0.15, -0.1) is 22.7 Å². The quantitative estimate of drug-likeness (QED) is 0.343. The molecule has 0 unspecified atom stereocenters. The molecule has 0 radical (unpaired) electrons. The Balaban J connectivity index is 1.59. The van der Waals surface area contributed by atoms with Crippen molar-refractivity contribution in [3.05, 3.63) is 51.8 Å². The number of anilines is 2. The number of alkyl halides is 3. The number of carbonyl (C=O) groups excluding carboxylic acids is 3. The molecule has 0 bridgehead atoms. The maximum Gasteiger partial charge on any atom is 0.406 e. The van der Waals surface area contributed by atoms with Crippen LogP contribution in [0.25, 0.3) is 10.4 Å². The Kier molecular flexibility index (Phi) is 7.89. The van der Waals surface area contributed by atoms with Crippen molar-refractivity contribution in [2.45, 2.75) is 38.8 Å². The standard InChI is InChI=1S/C25H24F3N3O3S2/c1-15-2-4-17(5-3-15)24(34)31(13-25(26,27)28)20-10-21(36-22(20)11-32)16-6-8-18(9-7-16)30-23(33)19-12-35-14-29-19/h6-12,14-15,17H,2-5,13H2,1H3,(H,30,33)/t15-,17-. The predicted molar refractivity (Wildman–Crippen MR) is 135 cm³/mol. The van der Waals surface area contributed by atoms with Gasteiger partial charge in [0.15, 0.2) is 6.29 Å². The highest BCUT2D eigenvalue weighted by atomic mass is 32.1. The molecule has 1 N–H and O–H groups in total. The van der Waals surface area contributed by atoms with Gasteiger partial charge in [0, 0.05) is 21.9 Å². The lowest BCUT2D eigenvalue weighted by Crippen LogP contribution is -2.43. The van der Waals surface area contributed by atoms with Crippen molar-refractivity contribution in [2.24, 2.45) is 11.8 Å². The number of nitrogens with one attached hydrogen (secondary N) is 1. The number of hydrogen-bond donors (Lipinski definition) is 1. The van der Waals surface area contributed by atoms with Crippen molar-refractivity contribution >= 4 is 52.1 Å². The van der Waals surface area contributed by atoms with Gasteiger partial charge in [-0.2, -0.15) is 13.2 Å². The van der Waals surface area contributed by atoms with Gasteiger partial charge in [-0.3, -0.25) is 14.4 Å². The van der Waals surface area contributed by atoms with Crippen LogP contribution in [0.15, 0.2) is 41.2 Å². The van der Waals surface area contributed by atoms with E-state index in [9.17, 15) is 27.6 Å². The summed E-state index contributed by atoms with van der Waals surface area (Å²) in [6, 6.07) is 8.16. The van der Waals surface area contributed by atoms with Crippen LogP contribution in [0.3, 0.4) is 0 Å². The third-order valence-corrected chi connectivity index (χ3v) is 7.88. The second-order valence-electron chi connectivity index (χ2n) is 8.88. The Bertz CT molecular complexity index is 1220. The molecule has 2 heterocycles. The zero-order chi connectivity index (χ0) is 25.9. The van der Waals surface area contributed by atoms with Crippen molar-refractivity contribution < 1.29 is 27.6 Å². The number of rotatable bonds is 7. The number of thiazole rings is 1. The number of aromatic nitrogens is 1. The van der Waals surface area contributed by atoms with Crippen molar-refractivity contribution in [1.29, 1.82) is 0 Å². The lowest BCUT2D eigenvalue weighted by Gasteiger charge is -2.31. The maximum absolute atomic E-state index is 13.5. The van der Waals surface area contributed by atoms with E-state index in [0.29, 0.717) is 46.9 Å². The van der Waals surface area contributed by atoms with Crippen LogP contribution in [0.5, 0.6) is 0 Å². The zero-order valence-electron chi connectivity index (χ0n) is 19.4. The predicted octanol–water partition coefficient (Wildman–Crippen LogP) is 6.66. The Morgan fingerprint density at radius 2 is 1.86 bits per heavy atom. The molecule has 3 aromatic rings. The van der Waals surface area contributed by atoms with Gasteiger partial charge < -0.3 is 10.2 Å². The monoisotopic (exact) mass is 535 g/mol. The maximum atomic E-state index is 13.5. The van der Waals surface area contributed by atoms with E-state index in [2.05, 4.69) is 17.2 Å². The van der Waals surface area contributed by atoms with Crippen LogP contribution in [-0.4, -0.2) is 35.8 Å². The lowest BCUT2D eigenvalue weighted by atomic mass is 9.82. The second-order valence-corrected chi connectivity index (χ2v) is 10.7. The highest BCUT2D eigenvalue weighted by Gasteiger charge is 2.38. The number of nitrogens with zero attached hydrogens (tertiary/aromatic N) is 2. The fourth-order valence-corrected chi connectivity index (χ4v) is 5.77. The molecule has 0 atom stereocenters. The third kappa shape index (κ3) is 6.19. The van der Waals surface area contributed by atoms with E-state index in [1.807, 2.05) is 0 Å². The summed E-state index contributed by atoms with van der Waals surface area (Å²) in [5, 5.41) is 4.35. The Labute approximate surface area is 214 Å². The number of hydrogen-bond acceptors (Lipinski definition) is 6. The molecule has 0 saturated heterocycles. The molecule has 1 aliphatic carbocycles. The molecule has 2 aromatic heterocycles. The first-order valence-electron chi connectivity index (χ1n) is 11.4. The summed E-state index contributed by atoms with van der Waals surface area (Å²) in [6.07, 6.45) is -1.47. The Morgan fingerprint density at radius 1 is 1.17 bits per heavy atom. The van der Waals surface area contributed by atoms with E-state index in [1.165, 1.54) is 17.4 Å². The van der Waals surface area contributed by atoms with Gasteiger partial charge in [0.05, 0.1) is 16.1 Å². The SMILES string of the molecule is C[C@H]1CC[C@H](C(=O)N(CC(F)(F)F)c2cc(-c3ccc(NC(=O)c4cscn4)cc3)sc2C=O)CC1. The van der Waals surface area contributed by atoms with Gasteiger partial charge in [-0.25, -0.2) is 4.98 Å². The summed E-state index contributed by atoms with van der Waals surface area (Å²) in [7, 11) is 0. The van der Waals surface area contributed by atoms with E-state index >= 15 is 0 Å². The molecule has 1 fully saturated rings. The average molecular weight is 536 g/mol. The molecule has 1 saturated carbocycles. The number of thiophene rings is 1. The number of amides is 2. The van der Waals surface area contributed by atoms with E-state index in [-0.39, 0.29) is 16.5 Å². The van der Waals surface area contributed by atoms with Crippen LogP contribution in [0.2, 0.25) is 0 Å². The van der Waals surface area contributed by atoms with Crippen LogP contribution >= 0.6 is 22.7 Å². The molecular weight excluding hydrogens is 511 g/mol. The van der Waals surface area contributed by atoms with Crippen molar-refractivity contribution in [3.63, 3.8) is 0 Å². The van der Waals surface area contributed by atoms with E-state index in [1.54, 1.807) is 35.2 Å². The largest absolute Gasteiger partial charge is 0.406 e. The summed E-state index contributed by atoms with van der Waals surface area (Å²) in [5.41, 5.74) is 2.99. The van der Waals surface area contributed by atoms with Gasteiger partial charge in [0.25, 0.3) is 5.91 Å². The van der Waals surface area contributed by atoms with Gasteiger partial charge in [-0.05, 0) is 55.4 Å². The van der Waals surface area contributed by atoms with Crippen LogP contribution < -0.4 is 10.2 Å². The highest BCUT2D eigenvalue weighted by molar-refractivity contribution is 7.17. The minimum absolute atomic E-state index is 0.0214. The van der Waals surface area contributed by atoms with E-state index < -0.39 is 24.5 Å². The molecule has 0 spiro atoms. The molecule has 1 aliphatic rings. The topological polar surface area (TPSA) is 79.4 Å². The van der Waals surface area contributed by atoms with Crippen LogP contribution in [0.4, 0.5) is 24.5 Å². The van der Waals surface area contributed by atoms with Gasteiger partial charge in [0.1, 0.15) is 12.2 Å². The number of carbonyl (C=O) groups is 3. The second kappa shape index (κ2) is 10.9. The first-order chi connectivity index (χ1) is 17.1. The molecule has 2 amide bonds. The molecule has 11 heteroatoms. The summed E-state index contributed by atoms with van der Waals surface area (Å²) in [4.78, 5) is 42.5. The van der Waals surface area contributed by atoms with Crippen molar-refractivity contribution in [3.8, 4) is 10.4 Å². The Hall–Kier alpha value is -3.05. The lowest BCUT2D eigenvalue weighted by molar-refractivity contribution is -0.135. The zero-order valence-corrected chi connectivity index (χ0v) is 21.0. The molecule has 36 heavy (non-hydrogen) atoms. The van der Waals surface area contributed by atoms with Crippen LogP contribution in [0.1, 0.15) is 52.8 Å². The summed E-state index contributed by atoms with van der Waals surface area (Å²) in [5.74, 6) is -1.000. The fraction of sp³-hybridized carbons (Fsp3) is 0.360. The van der Waals surface area contributed by atoms with E-state index in [4.69, 9.17) is 0 Å². The molecule has 4 rings (SSSR count). The minimum atomic E-state index is -4.61. The van der Waals surface area contributed by atoms with Gasteiger partial charge >= 0.3 is 6.18 Å². The number of benzene rings is 1. The summed E-state index contributed by atoms with van der Waals surface area (Å²) >= 11 is 2.33. The van der Waals surface area contributed by atoms with Gasteiger partial charge in [-0.1, -0.05) is 19.1 Å². The molecule has 190 valence electrons. The van der Waals surface area contributed by atoms with Crippen molar-refractivity contribution in [1.82, 2.24) is 4.98 Å². The third-order valence-electron chi connectivity index (χ3n) is 6.20. The smallest absolute Gasteiger partial charge is 0.321 e. The number of halogens is 3. The molecular formula is C25H24F3N3O3S2. The summed E-state index contributed by atoms with van der Waals surface area (Å²) < 4.78 is 40.4. The molecule has 1 aromatic carbocycles. The number of aldehydes is 1. The first-order valence-corrected chi connectivity index (χ1v) is 13.2. The molecule has 0 aliphatic heterocycles. The Morgan fingerprint density at radius 3 is 2.44 bits per heavy atom. The van der Waals surface area contributed by atoms with E-state index in [0.717, 1.165) is 29.1 Å². The minimum Gasteiger partial charge on any atom is -0.321 e. The van der Waals surface area contributed by atoms with Crippen LogP contribution in [-0.2, 0) is 4.79 Å². The summed E-state index contributed by atoms with van der Waals surface area (Å²) in [6.45, 7) is 0.621. The highest BCUT2D eigenvalue weighted by Crippen LogP contribution is 2.39. The molecule has 6 nitrogen and oxygen atoms in total. The normalized spacial score (nSPS) is 18.0. The fourth-order valence-electron chi connectivity index (χ4n) is 4.26. The average Bonchev–Trinajstić information content (AvgIpc) is 3.53. The van der Waals surface area contributed by atoms with Crippen LogP contribution in [0, 0.1) is 11.8 Å². The van der Waals surface area contributed by atoms with Gasteiger partial charge in [0.2, 0.25) is 5.91 Å². The van der Waals surface area contributed by atoms with Crippen molar-refractivity contribution in [2.75, 3.05) is 16.8 Å². The first kappa shape index (κ1) is 26.0.